The molecule has 5 heteroatoms. The largest absolute Gasteiger partial charge is 0.395 e. The van der Waals surface area contributed by atoms with Gasteiger partial charge in [0.05, 0.1) is 12.2 Å². The van der Waals surface area contributed by atoms with Gasteiger partial charge in [-0.1, -0.05) is 36.1 Å². The Kier molecular flexibility index (Phi) is 6.17. The number of aliphatic hydroxyl groups is 1. The molecule has 3 atom stereocenters. The molecule has 156 valence electrons. The normalized spacial score (nSPS) is 24.0. The molecule has 2 saturated heterocycles. The maximum atomic E-state index is 13.7. The zero-order valence-electron chi connectivity index (χ0n) is 17.2. The Hall–Kier alpha value is -2.68. The van der Waals surface area contributed by atoms with Crippen LogP contribution in [0.5, 0.6) is 0 Å². The molecule has 0 radical (unpaired) electrons. The molecule has 2 aliphatic rings. The van der Waals surface area contributed by atoms with Gasteiger partial charge in [0.15, 0.2) is 0 Å². The maximum Gasteiger partial charge on any atom is 0.219 e. The minimum Gasteiger partial charge on any atom is -0.395 e. The van der Waals surface area contributed by atoms with Gasteiger partial charge in [-0.05, 0) is 49.2 Å². The lowest BCUT2D eigenvalue weighted by Crippen LogP contribution is -2.67. The van der Waals surface area contributed by atoms with Crippen LogP contribution in [0.25, 0.3) is 0 Å². The number of benzene rings is 2. The minimum atomic E-state index is -0.318. The van der Waals surface area contributed by atoms with E-state index in [0.29, 0.717) is 12.1 Å². The predicted octanol–water partition coefficient (Wildman–Crippen LogP) is 3.00. The molecule has 4 rings (SSSR count). The van der Waals surface area contributed by atoms with Gasteiger partial charge in [-0.2, -0.15) is 0 Å². The van der Waals surface area contributed by atoms with E-state index in [1.54, 1.807) is 25.1 Å². The predicted molar refractivity (Wildman–Crippen MR) is 114 cm³/mol. The highest BCUT2D eigenvalue weighted by Gasteiger charge is 2.49. The molecule has 0 unspecified atom stereocenters. The Morgan fingerprint density at radius 2 is 1.83 bits per heavy atom. The van der Waals surface area contributed by atoms with Crippen molar-refractivity contribution in [3.05, 3.63) is 71.0 Å². The molecule has 0 saturated carbocycles. The molecule has 2 aliphatic heterocycles. The lowest BCUT2D eigenvalue weighted by molar-refractivity contribution is -0.134. The monoisotopic (exact) mass is 406 g/mol. The van der Waals surface area contributed by atoms with Crippen LogP contribution in [0.2, 0.25) is 0 Å². The first kappa shape index (κ1) is 20.6. The third-order valence-corrected chi connectivity index (χ3v) is 6.33. The molecule has 2 aromatic rings. The number of carbonyl (C=O) groups is 1. The van der Waals surface area contributed by atoms with E-state index in [9.17, 15) is 14.3 Å². The van der Waals surface area contributed by atoms with E-state index in [2.05, 4.69) is 16.7 Å². The van der Waals surface area contributed by atoms with Gasteiger partial charge in [-0.15, -0.1) is 0 Å². The average molecular weight is 407 g/mol. The van der Waals surface area contributed by atoms with Gasteiger partial charge in [-0.25, -0.2) is 4.39 Å². The number of amides is 1. The first-order valence-electron chi connectivity index (χ1n) is 10.6. The summed E-state index contributed by atoms with van der Waals surface area (Å²) >= 11 is 0. The topological polar surface area (TPSA) is 43.8 Å². The van der Waals surface area contributed by atoms with Crippen molar-refractivity contribution in [2.75, 3.05) is 26.2 Å². The van der Waals surface area contributed by atoms with Crippen molar-refractivity contribution in [2.24, 2.45) is 0 Å². The van der Waals surface area contributed by atoms with E-state index in [1.165, 1.54) is 6.07 Å². The number of carbonyl (C=O) groups excluding carboxylic acids is 1. The fraction of sp³-hybridized carbons (Fsp3) is 0.400. The summed E-state index contributed by atoms with van der Waals surface area (Å²) in [4.78, 5) is 16.3. The average Bonchev–Trinajstić information content (AvgIpc) is 2.72. The van der Waals surface area contributed by atoms with Crippen LogP contribution in [0.4, 0.5) is 4.39 Å². The van der Waals surface area contributed by atoms with Gasteiger partial charge in [0.2, 0.25) is 5.91 Å². The zero-order valence-corrected chi connectivity index (χ0v) is 17.2. The number of hydrogen-bond acceptors (Lipinski definition) is 3. The molecular formula is C25H27FN2O2. The van der Waals surface area contributed by atoms with Crippen molar-refractivity contribution in [1.82, 2.24) is 9.80 Å². The van der Waals surface area contributed by atoms with Crippen LogP contribution in [0.3, 0.4) is 0 Å². The molecule has 1 N–H and O–H groups in total. The molecule has 1 amide bonds. The van der Waals surface area contributed by atoms with Crippen molar-refractivity contribution in [2.45, 2.75) is 37.8 Å². The fourth-order valence-corrected chi connectivity index (χ4v) is 4.72. The number of hydrogen-bond donors (Lipinski definition) is 1. The minimum absolute atomic E-state index is 0.0808. The van der Waals surface area contributed by atoms with E-state index in [1.807, 2.05) is 29.2 Å². The molecule has 4 nitrogen and oxygen atoms in total. The first-order valence-corrected chi connectivity index (χ1v) is 10.6. The van der Waals surface area contributed by atoms with Gasteiger partial charge in [0.25, 0.3) is 0 Å². The van der Waals surface area contributed by atoms with Gasteiger partial charge < -0.3 is 10.0 Å². The molecule has 2 fully saturated rings. The number of aliphatic hydroxyl groups excluding tert-OH is 1. The summed E-state index contributed by atoms with van der Waals surface area (Å²) in [6.45, 7) is 4.21. The third-order valence-electron chi connectivity index (χ3n) is 6.33. The molecule has 30 heavy (non-hydrogen) atoms. The molecule has 2 heterocycles. The van der Waals surface area contributed by atoms with Crippen molar-refractivity contribution < 1.29 is 14.3 Å². The van der Waals surface area contributed by atoms with E-state index >= 15 is 0 Å². The fourth-order valence-electron chi connectivity index (χ4n) is 4.72. The SMILES string of the molecule is CC(=O)N1CCCCN2[C@@H](CO)[C@@H](c3ccc(C#Cc4ccccc4F)cc3)[C@@H]2C1. The van der Waals surface area contributed by atoms with Gasteiger partial charge in [-0.3, -0.25) is 9.69 Å². The van der Waals surface area contributed by atoms with E-state index in [0.717, 1.165) is 37.1 Å². The van der Waals surface area contributed by atoms with Crippen molar-refractivity contribution in [3.63, 3.8) is 0 Å². The standard InChI is InChI=1S/C25H27FN2O2/c1-18(30)27-14-4-5-15-28-23(16-27)25(24(28)17-29)21-12-9-19(10-13-21)8-11-20-6-2-3-7-22(20)26/h2-3,6-7,9-10,12-13,23-25,29H,4-5,14-17H2,1H3/t23-,24-,25-/m0/s1. The molecule has 0 spiro atoms. The van der Waals surface area contributed by atoms with Crippen molar-refractivity contribution >= 4 is 5.91 Å². The van der Waals surface area contributed by atoms with Crippen LogP contribution in [0, 0.1) is 17.7 Å². The first-order chi connectivity index (χ1) is 14.6. The smallest absolute Gasteiger partial charge is 0.219 e. The zero-order chi connectivity index (χ0) is 21.1. The van der Waals surface area contributed by atoms with Crippen LogP contribution in [0.1, 0.15) is 42.4 Å². The highest BCUT2D eigenvalue weighted by molar-refractivity contribution is 5.73. The summed E-state index contributed by atoms with van der Waals surface area (Å²) in [5.41, 5.74) is 2.35. The summed E-state index contributed by atoms with van der Waals surface area (Å²) < 4.78 is 13.7. The molecular weight excluding hydrogens is 379 g/mol. The molecule has 0 bridgehead atoms. The van der Waals surface area contributed by atoms with Crippen LogP contribution in [-0.4, -0.2) is 59.1 Å². The lowest BCUT2D eigenvalue weighted by Gasteiger charge is -2.57. The van der Waals surface area contributed by atoms with E-state index in [-0.39, 0.29) is 36.3 Å². The lowest BCUT2D eigenvalue weighted by atomic mass is 9.74. The number of halogens is 1. The number of rotatable bonds is 2. The Bertz CT molecular complexity index is 963. The van der Waals surface area contributed by atoms with Gasteiger partial charge >= 0.3 is 0 Å². The highest BCUT2D eigenvalue weighted by atomic mass is 19.1. The number of nitrogens with zero attached hydrogens (tertiary/aromatic N) is 2. The quantitative estimate of drug-likeness (QED) is 0.780. The van der Waals surface area contributed by atoms with Gasteiger partial charge in [0.1, 0.15) is 5.82 Å². The summed E-state index contributed by atoms with van der Waals surface area (Å²) in [7, 11) is 0. The summed E-state index contributed by atoms with van der Waals surface area (Å²) in [6.07, 6.45) is 2.04. The van der Waals surface area contributed by atoms with Crippen LogP contribution in [-0.2, 0) is 4.79 Å². The summed E-state index contributed by atoms with van der Waals surface area (Å²) in [5, 5.41) is 10.0. The number of fused-ring (bicyclic) bond motifs is 1. The highest BCUT2D eigenvalue weighted by Crippen LogP contribution is 2.41. The molecule has 0 aliphatic carbocycles. The Morgan fingerprint density at radius 1 is 1.10 bits per heavy atom. The Balaban J connectivity index is 1.54. The maximum absolute atomic E-state index is 13.7. The van der Waals surface area contributed by atoms with Crippen LogP contribution < -0.4 is 0 Å². The van der Waals surface area contributed by atoms with Gasteiger partial charge in [0, 0.05) is 43.6 Å². The second-order valence-corrected chi connectivity index (χ2v) is 8.10. The Labute approximate surface area is 177 Å². The Morgan fingerprint density at radius 3 is 2.53 bits per heavy atom. The van der Waals surface area contributed by atoms with Crippen LogP contribution >= 0.6 is 0 Å². The van der Waals surface area contributed by atoms with Crippen molar-refractivity contribution in [1.29, 1.82) is 0 Å². The molecule has 2 aromatic carbocycles. The van der Waals surface area contributed by atoms with E-state index < -0.39 is 0 Å². The second kappa shape index (κ2) is 8.99. The van der Waals surface area contributed by atoms with Crippen LogP contribution in [0.15, 0.2) is 48.5 Å². The summed E-state index contributed by atoms with van der Waals surface area (Å²) in [5.74, 6) is 5.89. The third kappa shape index (κ3) is 4.12. The van der Waals surface area contributed by atoms with E-state index in [4.69, 9.17) is 0 Å². The second-order valence-electron chi connectivity index (χ2n) is 8.10. The summed E-state index contributed by atoms with van der Waals surface area (Å²) in [6, 6.07) is 14.8. The molecule has 0 aromatic heterocycles. The van der Waals surface area contributed by atoms with Crippen molar-refractivity contribution in [3.8, 4) is 11.8 Å².